The van der Waals surface area contributed by atoms with Crippen LogP contribution in [0.25, 0.3) is 10.6 Å². The second kappa shape index (κ2) is 6.66. The fraction of sp³-hybridized carbons (Fsp3) is 0.400. The van der Waals surface area contributed by atoms with Crippen LogP contribution in [0.2, 0.25) is 0 Å². The summed E-state index contributed by atoms with van der Waals surface area (Å²) in [5.41, 5.74) is 2.46. The van der Waals surface area contributed by atoms with Gasteiger partial charge in [0.05, 0.1) is 5.69 Å². The molecule has 96 valence electrons. The summed E-state index contributed by atoms with van der Waals surface area (Å²) in [7, 11) is 0. The minimum atomic E-state index is 0.946. The lowest BCUT2D eigenvalue weighted by Gasteiger charge is -2.01. The van der Waals surface area contributed by atoms with E-state index in [2.05, 4.69) is 43.4 Å². The molecule has 1 aromatic carbocycles. The van der Waals surface area contributed by atoms with Crippen LogP contribution in [0, 0.1) is 0 Å². The smallest absolute Gasteiger partial charge is 0.123 e. The van der Waals surface area contributed by atoms with E-state index < -0.39 is 0 Å². The minimum absolute atomic E-state index is 0.946. The molecule has 0 aliphatic carbocycles. The maximum Gasteiger partial charge on any atom is 0.123 e. The summed E-state index contributed by atoms with van der Waals surface area (Å²) in [6.45, 7) is 6.38. The Hall–Kier alpha value is -1.19. The molecule has 0 aliphatic heterocycles. The summed E-state index contributed by atoms with van der Waals surface area (Å²) in [5.74, 6) is 0. The van der Waals surface area contributed by atoms with Crippen LogP contribution in [0.4, 0.5) is 0 Å². The largest absolute Gasteiger partial charge is 0.312 e. The van der Waals surface area contributed by atoms with Crippen LogP contribution in [0.3, 0.4) is 0 Å². The van der Waals surface area contributed by atoms with Crippen molar-refractivity contribution < 1.29 is 0 Å². The van der Waals surface area contributed by atoms with Gasteiger partial charge in [-0.05, 0) is 19.4 Å². The molecule has 2 aromatic rings. The van der Waals surface area contributed by atoms with Crippen molar-refractivity contribution in [2.45, 2.75) is 33.2 Å². The van der Waals surface area contributed by atoms with Crippen molar-refractivity contribution in [2.75, 3.05) is 6.54 Å². The van der Waals surface area contributed by atoms with Crippen LogP contribution >= 0.6 is 11.3 Å². The molecule has 0 saturated carbocycles. The Morgan fingerprint density at radius 2 is 1.94 bits per heavy atom. The topological polar surface area (TPSA) is 24.9 Å². The maximum absolute atomic E-state index is 4.76. The SMILES string of the molecule is CCCNCc1sc(-c2ccccc2)nc1CC. The summed E-state index contributed by atoms with van der Waals surface area (Å²) in [5, 5.41) is 4.60. The fourth-order valence-corrected chi connectivity index (χ4v) is 3.01. The molecule has 0 bridgehead atoms. The number of benzene rings is 1. The number of aryl methyl sites for hydroxylation is 1. The highest BCUT2D eigenvalue weighted by Gasteiger charge is 2.10. The van der Waals surface area contributed by atoms with Gasteiger partial charge in [0.2, 0.25) is 0 Å². The molecule has 1 N–H and O–H groups in total. The number of rotatable bonds is 6. The van der Waals surface area contributed by atoms with Crippen LogP contribution in [0.15, 0.2) is 30.3 Å². The number of thiazole rings is 1. The van der Waals surface area contributed by atoms with Gasteiger partial charge in [-0.15, -0.1) is 11.3 Å². The van der Waals surface area contributed by atoms with E-state index in [0.717, 1.165) is 24.5 Å². The molecule has 2 nitrogen and oxygen atoms in total. The predicted octanol–water partition coefficient (Wildman–Crippen LogP) is 3.87. The monoisotopic (exact) mass is 260 g/mol. The molecule has 0 amide bonds. The van der Waals surface area contributed by atoms with Gasteiger partial charge < -0.3 is 5.32 Å². The summed E-state index contributed by atoms with van der Waals surface area (Å²) >= 11 is 1.81. The molecular weight excluding hydrogens is 240 g/mol. The second-order valence-electron chi connectivity index (χ2n) is 4.29. The zero-order chi connectivity index (χ0) is 12.8. The van der Waals surface area contributed by atoms with Crippen LogP contribution < -0.4 is 5.32 Å². The first-order valence-electron chi connectivity index (χ1n) is 6.59. The van der Waals surface area contributed by atoms with Crippen LogP contribution in [0.5, 0.6) is 0 Å². The first-order chi connectivity index (χ1) is 8.85. The number of aromatic nitrogens is 1. The van der Waals surface area contributed by atoms with E-state index in [1.807, 2.05) is 17.4 Å². The third-order valence-corrected chi connectivity index (χ3v) is 3.99. The third kappa shape index (κ3) is 3.18. The highest BCUT2D eigenvalue weighted by molar-refractivity contribution is 7.15. The zero-order valence-corrected chi connectivity index (χ0v) is 11.9. The molecule has 0 spiro atoms. The Kier molecular flexibility index (Phi) is 4.90. The quantitative estimate of drug-likeness (QED) is 0.797. The first kappa shape index (κ1) is 13.2. The molecule has 3 heteroatoms. The standard InChI is InChI=1S/C15H20N2S/c1-3-10-16-11-14-13(4-2)17-15(18-14)12-8-6-5-7-9-12/h5-9,16H,3-4,10-11H2,1-2H3. The molecule has 0 fully saturated rings. The average molecular weight is 260 g/mol. The van der Waals surface area contributed by atoms with Gasteiger partial charge in [0, 0.05) is 17.0 Å². The Labute approximate surface area is 113 Å². The van der Waals surface area contributed by atoms with Gasteiger partial charge in [0.1, 0.15) is 5.01 Å². The van der Waals surface area contributed by atoms with Crippen molar-refractivity contribution >= 4 is 11.3 Å². The number of nitrogens with zero attached hydrogens (tertiary/aromatic N) is 1. The summed E-state index contributed by atoms with van der Waals surface area (Å²) in [6.07, 6.45) is 2.18. The van der Waals surface area contributed by atoms with Gasteiger partial charge in [-0.3, -0.25) is 0 Å². The van der Waals surface area contributed by atoms with E-state index >= 15 is 0 Å². The van der Waals surface area contributed by atoms with Gasteiger partial charge in [-0.1, -0.05) is 44.2 Å². The third-order valence-electron chi connectivity index (χ3n) is 2.85. The van der Waals surface area contributed by atoms with E-state index in [9.17, 15) is 0 Å². The van der Waals surface area contributed by atoms with Gasteiger partial charge in [-0.25, -0.2) is 4.98 Å². The lowest BCUT2D eigenvalue weighted by molar-refractivity contribution is 0.677. The van der Waals surface area contributed by atoms with E-state index in [0.29, 0.717) is 0 Å². The molecule has 0 atom stereocenters. The Morgan fingerprint density at radius 3 is 2.61 bits per heavy atom. The van der Waals surface area contributed by atoms with Crippen LogP contribution in [-0.2, 0) is 13.0 Å². The van der Waals surface area contributed by atoms with Gasteiger partial charge in [0.15, 0.2) is 0 Å². The van der Waals surface area contributed by atoms with E-state index in [1.165, 1.54) is 22.6 Å². The van der Waals surface area contributed by atoms with Gasteiger partial charge >= 0.3 is 0 Å². The molecule has 0 saturated heterocycles. The lowest BCUT2D eigenvalue weighted by Crippen LogP contribution is -2.13. The van der Waals surface area contributed by atoms with E-state index in [1.54, 1.807) is 0 Å². The summed E-state index contributed by atoms with van der Waals surface area (Å²) in [6, 6.07) is 10.4. The molecular formula is C15H20N2S. The normalized spacial score (nSPS) is 10.8. The zero-order valence-electron chi connectivity index (χ0n) is 11.1. The van der Waals surface area contributed by atoms with Crippen LogP contribution in [-0.4, -0.2) is 11.5 Å². The highest BCUT2D eigenvalue weighted by Crippen LogP contribution is 2.28. The number of hydrogen-bond acceptors (Lipinski definition) is 3. The molecule has 0 radical (unpaired) electrons. The van der Waals surface area contributed by atoms with Crippen molar-refractivity contribution in [3.63, 3.8) is 0 Å². The molecule has 18 heavy (non-hydrogen) atoms. The second-order valence-corrected chi connectivity index (χ2v) is 5.37. The fourth-order valence-electron chi connectivity index (χ4n) is 1.88. The molecule has 1 heterocycles. The van der Waals surface area contributed by atoms with Gasteiger partial charge in [0.25, 0.3) is 0 Å². The van der Waals surface area contributed by atoms with Crippen molar-refractivity contribution in [1.82, 2.24) is 10.3 Å². The average Bonchev–Trinajstić information content (AvgIpc) is 2.83. The number of nitrogens with one attached hydrogen (secondary N) is 1. The highest BCUT2D eigenvalue weighted by atomic mass is 32.1. The summed E-state index contributed by atoms with van der Waals surface area (Å²) in [4.78, 5) is 6.14. The van der Waals surface area contributed by atoms with E-state index in [-0.39, 0.29) is 0 Å². The summed E-state index contributed by atoms with van der Waals surface area (Å²) < 4.78 is 0. The Balaban J connectivity index is 2.18. The molecule has 1 aromatic heterocycles. The molecule has 0 unspecified atom stereocenters. The van der Waals surface area contributed by atoms with E-state index in [4.69, 9.17) is 4.98 Å². The van der Waals surface area contributed by atoms with Crippen LogP contribution in [0.1, 0.15) is 30.8 Å². The predicted molar refractivity (Wildman–Crippen MR) is 78.9 cm³/mol. The minimum Gasteiger partial charge on any atom is -0.312 e. The van der Waals surface area contributed by atoms with Crippen molar-refractivity contribution in [2.24, 2.45) is 0 Å². The molecule has 0 aliphatic rings. The van der Waals surface area contributed by atoms with Crippen molar-refractivity contribution in [3.05, 3.63) is 40.9 Å². The van der Waals surface area contributed by atoms with Crippen molar-refractivity contribution in [3.8, 4) is 10.6 Å². The Morgan fingerprint density at radius 1 is 1.17 bits per heavy atom. The molecule has 2 rings (SSSR count). The maximum atomic E-state index is 4.76. The van der Waals surface area contributed by atoms with Gasteiger partial charge in [-0.2, -0.15) is 0 Å². The lowest BCUT2D eigenvalue weighted by atomic mass is 10.2. The first-order valence-corrected chi connectivity index (χ1v) is 7.41. The van der Waals surface area contributed by atoms with Crippen molar-refractivity contribution in [1.29, 1.82) is 0 Å². The Bertz CT molecular complexity index is 476. The number of hydrogen-bond donors (Lipinski definition) is 1.